The van der Waals surface area contributed by atoms with E-state index in [0.29, 0.717) is 23.5 Å². The van der Waals surface area contributed by atoms with Crippen LogP contribution in [-0.4, -0.2) is 12.4 Å². The van der Waals surface area contributed by atoms with Crippen LogP contribution in [0.1, 0.15) is 21.5 Å². The lowest BCUT2D eigenvalue weighted by molar-refractivity contribution is 0.103. The van der Waals surface area contributed by atoms with E-state index in [2.05, 4.69) is 11.8 Å². The summed E-state index contributed by atoms with van der Waals surface area (Å²) in [5.41, 5.74) is 2.29. The van der Waals surface area contributed by atoms with Crippen LogP contribution in [0.5, 0.6) is 5.75 Å². The molecule has 2 heteroatoms. The molecule has 0 heterocycles. The van der Waals surface area contributed by atoms with Gasteiger partial charge in [0.2, 0.25) is 0 Å². The molecule has 0 radical (unpaired) electrons. The number of ether oxygens (including phenoxy) is 1. The Bertz CT molecular complexity index is 855. The van der Waals surface area contributed by atoms with Crippen LogP contribution in [0.25, 0.3) is 0 Å². The minimum Gasteiger partial charge on any atom is -0.481 e. The lowest BCUT2D eigenvalue weighted by Crippen LogP contribution is -2.01. The molecule has 0 bridgehead atoms. The third kappa shape index (κ3) is 4.12. The highest BCUT2D eigenvalue weighted by Crippen LogP contribution is 2.15. The predicted octanol–water partition coefficient (Wildman–Crippen LogP) is 4.35. The summed E-state index contributed by atoms with van der Waals surface area (Å²) in [7, 11) is 0. The van der Waals surface area contributed by atoms with Crippen molar-refractivity contribution in [2.75, 3.05) is 6.61 Å². The molecule has 0 saturated heterocycles. The largest absolute Gasteiger partial charge is 0.481 e. The third-order valence-electron chi connectivity index (χ3n) is 3.47. The van der Waals surface area contributed by atoms with Crippen LogP contribution in [0.2, 0.25) is 0 Å². The second-order valence-corrected chi connectivity index (χ2v) is 5.18. The minimum atomic E-state index is 0.00557. The average Bonchev–Trinajstić information content (AvgIpc) is 2.67. The van der Waals surface area contributed by atoms with Gasteiger partial charge in [0.15, 0.2) is 5.78 Å². The number of carbonyl (C=O) groups is 1. The first-order chi connectivity index (χ1) is 11.8. The van der Waals surface area contributed by atoms with Gasteiger partial charge >= 0.3 is 0 Å². The van der Waals surface area contributed by atoms with Crippen LogP contribution in [-0.2, 0) is 0 Å². The normalized spacial score (nSPS) is 9.67. The molecule has 0 aliphatic heterocycles. The SMILES string of the molecule is O=C(c1ccccc1)c1ccc(OCC#Cc2ccccc2)cc1. The summed E-state index contributed by atoms with van der Waals surface area (Å²) < 4.78 is 5.58. The van der Waals surface area contributed by atoms with Crippen LogP contribution < -0.4 is 4.74 Å². The Morgan fingerprint density at radius 1 is 0.750 bits per heavy atom. The van der Waals surface area contributed by atoms with Gasteiger partial charge < -0.3 is 4.74 Å². The Morgan fingerprint density at radius 2 is 1.33 bits per heavy atom. The Labute approximate surface area is 141 Å². The van der Waals surface area contributed by atoms with Gasteiger partial charge in [-0.3, -0.25) is 4.79 Å². The fourth-order valence-corrected chi connectivity index (χ4v) is 2.24. The fraction of sp³-hybridized carbons (Fsp3) is 0.0455. The molecule has 0 unspecified atom stereocenters. The topological polar surface area (TPSA) is 26.3 Å². The molecular formula is C22H16O2. The number of hydrogen-bond donors (Lipinski definition) is 0. The Morgan fingerprint density at radius 3 is 2.00 bits per heavy atom. The average molecular weight is 312 g/mol. The summed E-state index contributed by atoms with van der Waals surface area (Å²) in [6, 6.07) is 26.1. The van der Waals surface area contributed by atoms with Crippen molar-refractivity contribution in [3.05, 3.63) is 102 Å². The van der Waals surface area contributed by atoms with E-state index in [4.69, 9.17) is 4.74 Å². The Balaban J connectivity index is 1.59. The molecule has 0 aromatic heterocycles. The zero-order valence-corrected chi connectivity index (χ0v) is 13.1. The monoisotopic (exact) mass is 312 g/mol. The maximum Gasteiger partial charge on any atom is 0.193 e. The zero-order chi connectivity index (χ0) is 16.6. The number of benzene rings is 3. The maximum absolute atomic E-state index is 12.3. The van der Waals surface area contributed by atoms with E-state index in [1.54, 1.807) is 24.3 Å². The molecule has 0 aliphatic rings. The summed E-state index contributed by atoms with van der Waals surface area (Å²) in [6.45, 7) is 0.306. The molecule has 0 aliphatic carbocycles. The highest BCUT2D eigenvalue weighted by Gasteiger charge is 2.07. The van der Waals surface area contributed by atoms with Gasteiger partial charge in [0.1, 0.15) is 12.4 Å². The summed E-state index contributed by atoms with van der Waals surface area (Å²) in [5, 5.41) is 0. The van der Waals surface area contributed by atoms with Gasteiger partial charge in [-0.2, -0.15) is 0 Å². The van der Waals surface area contributed by atoms with Crippen molar-refractivity contribution in [1.29, 1.82) is 0 Å². The van der Waals surface area contributed by atoms with E-state index in [9.17, 15) is 4.79 Å². The molecule has 2 nitrogen and oxygen atoms in total. The lowest BCUT2D eigenvalue weighted by atomic mass is 10.0. The third-order valence-corrected chi connectivity index (χ3v) is 3.47. The van der Waals surface area contributed by atoms with Gasteiger partial charge in [-0.25, -0.2) is 0 Å². The van der Waals surface area contributed by atoms with E-state index in [-0.39, 0.29) is 5.78 Å². The van der Waals surface area contributed by atoms with E-state index < -0.39 is 0 Å². The van der Waals surface area contributed by atoms with E-state index >= 15 is 0 Å². The van der Waals surface area contributed by atoms with Gasteiger partial charge in [0.05, 0.1) is 0 Å². The molecule has 3 aromatic carbocycles. The lowest BCUT2D eigenvalue weighted by Gasteiger charge is -2.04. The van der Waals surface area contributed by atoms with Gasteiger partial charge in [-0.05, 0) is 36.4 Å². The first-order valence-corrected chi connectivity index (χ1v) is 7.69. The van der Waals surface area contributed by atoms with Crippen LogP contribution in [0.4, 0.5) is 0 Å². The van der Waals surface area contributed by atoms with Crippen LogP contribution in [0.15, 0.2) is 84.9 Å². The van der Waals surface area contributed by atoms with Gasteiger partial charge in [0, 0.05) is 16.7 Å². The summed E-state index contributed by atoms with van der Waals surface area (Å²) >= 11 is 0. The molecular weight excluding hydrogens is 296 g/mol. The standard InChI is InChI=1S/C22H16O2/c23-22(19-11-5-2-6-12-19)20-13-15-21(16-14-20)24-17-7-10-18-8-3-1-4-9-18/h1-6,8-9,11-16H,17H2. The molecule has 0 amide bonds. The number of carbonyl (C=O) groups excluding carboxylic acids is 1. The molecule has 3 aromatic rings. The quantitative estimate of drug-likeness (QED) is 0.529. The van der Waals surface area contributed by atoms with Gasteiger partial charge in [-0.15, -0.1) is 0 Å². The molecule has 0 fully saturated rings. The first kappa shape index (κ1) is 15.6. The smallest absolute Gasteiger partial charge is 0.193 e. The number of hydrogen-bond acceptors (Lipinski definition) is 2. The van der Waals surface area contributed by atoms with Crippen molar-refractivity contribution in [2.45, 2.75) is 0 Å². The van der Waals surface area contributed by atoms with Crippen molar-refractivity contribution < 1.29 is 9.53 Å². The predicted molar refractivity (Wildman–Crippen MR) is 95.1 cm³/mol. The highest BCUT2D eigenvalue weighted by molar-refractivity contribution is 6.08. The maximum atomic E-state index is 12.3. The van der Waals surface area contributed by atoms with E-state index in [1.807, 2.05) is 60.7 Å². The summed E-state index contributed by atoms with van der Waals surface area (Å²) in [4.78, 5) is 12.3. The van der Waals surface area contributed by atoms with Gasteiger partial charge in [-0.1, -0.05) is 60.4 Å². The molecule has 24 heavy (non-hydrogen) atoms. The Hall–Kier alpha value is -3.31. The molecule has 0 atom stereocenters. The van der Waals surface area contributed by atoms with Crippen molar-refractivity contribution in [3.63, 3.8) is 0 Å². The number of ketones is 1. The molecule has 116 valence electrons. The molecule has 0 saturated carbocycles. The summed E-state index contributed by atoms with van der Waals surface area (Å²) in [6.07, 6.45) is 0. The second kappa shape index (κ2) is 7.80. The second-order valence-electron chi connectivity index (χ2n) is 5.18. The van der Waals surface area contributed by atoms with Crippen molar-refractivity contribution in [3.8, 4) is 17.6 Å². The van der Waals surface area contributed by atoms with Crippen molar-refractivity contribution in [1.82, 2.24) is 0 Å². The summed E-state index contributed by atoms with van der Waals surface area (Å²) in [5.74, 6) is 6.71. The van der Waals surface area contributed by atoms with Crippen LogP contribution >= 0.6 is 0 Å². The Kier molecular flexibility index (Phi) is 5.07. The molecule has 3 rings (SSSR count). The van der Waals surface area contributed by atoms with Crippen LogP contribution in [0.3, 0.4) is 0 Å². The van der Waals surface area contributed by atoms with E-state index in [1.165, 1.54) is 0 Å². The fourth-order valence-electron chi connectivity index (χ4n) is 2.24. The molecule has 0 spiro atoms. The first-order valence-electron chi connectivity index (χ1n) is 7.69. The molecule has 0 N–H and O–H groups in total. The zero-order valence-electron chi connectivity index (χ0n) is 13.1. The minimum absolute atomic E-state index is 0.00557. The van der Waals surface area contributed by atoms with Crippen molar-refractivity contribution in [2.24, 2.45) is 0 Å². The van der Waals surface area contributed by atoms with Crippen molar-refractivity contribution >= 4 is 5.78 Å². The van der Waals surface area contributed by atoms with Crippen LogP contribution in [0, 0.1) is 11.8 Å². The number of rotatable bonds is 4. The highest BCUT2D eigenvalue weighted by atomic mass is 16.5. The van der Waals surface area contributed by atoms with E-state index in [0.717, 1.165) is 5.56 Å². The van der Waals surface area contributed by atoms with Gasteiger partial charge in [0.25, 0.3) is 0 Å².